The molecule has 0 heterocycles. The molecule has 0 fully saturated rings. The zero-order valence-corrected chi connectivity index (χ0v) is 12.7. The van der Waals surface area contributed by atoms with Crippen molar-refractivity contribution < 1.29 is 9.53 Å². The monoisotopic (exact) mass is 329 g/mol. The molecule has 0 aliphatic rings. The predicted molar refractivity (Wildman–Crippen MR) is 82.3 cm³/mol. The van der Waals surface area contributed by atoms with E-state index in [0.717, 1.165) is 0 Å². The van der Waals surface area contributed by atoms with E-state index >= 15 is 0 Å². The number of rotatable bonds is 3. The fourth-order valence-electron chi connectivity index (χ4n) is 1.70. The van der Waals surface area contributed by atoms with Gasteiger partial charge in [-0.25, -0.2) is 0 Å². The van der Waals surface area contributed by atoms with Crippen molar-refractivity contribution in [3.05, 3.63) is 56.5 Å². The summed E-state index contributed by atoms with van der Waals surface area (Å²) < 4.78 is 5.04. The van der Waals surface area contributed by atoms with Crippen LogP contribution in [0.25, 0.3) is 0 Å². The number of hydrogen-bond donors (Lipinski definition) is 1. The second-order valence-electron chi connectivity index (χ2n) is 4.04. The molecule has 0 aliphatic heterocycles. The molecule has 0 saturated carbocycles. The van der Waals surface area contributed by atoms with E-state index in [9.17, 15) is 4.79 Å². The first-order chi connectivity index (χ1) is 9.43. The number of hydrogen-bond acceptors (Lipinski definition) is 3. The van der Waals surface area contributed by atoms with Crippen LogP contribution in [0, 0.1) is 0 Å². The first-order valence-corrected chi connectivity index (χ1v) is 6.70. The normalized spacial score (nSPS) is 10.4. The molecule has 0 aliphatic carbocycles. The van der Waals surface area contributed by atoms with Gasteiger partial charge in [-0.15, -0.1) is 0 Å². The SMILES string of the molecule is COc1ccc(C(=O)c2cc(N)c(Cl)c(Cl)c2)c(Cl)c1. The summed E-state index contributed by atoms with van der Waals surface area (Å²) in [7, 11) is 1.52. The van der Waals surface area contributed by atoms with E-state index in [1.54, 1.807) is 18.2 Å². The molecule has 0 amide bonds. The molecule has 2 aromatic carbocycles. The Labute approximate surface area is 131 Å². The van der Waals surface area contributed by atoms with Gasteiger partial charge in [0.15, 0.2) is 5.78 Å². The van der Waals surface area contributed by atoms with Gasteiger partial charge in [0, 0.05) is 11.1 Å². The molecule has 0 saturated heterocycles. The van der Waals surface area contributed by atoms with Crippen molar-refractivity contribution in [2.24, 2.45) is 0 Å². The molecule has 6 heteroatoms. The van der Waals surface area contributed by atoms with Crippen molar-refractivity contribution in [1.29, 1.82) is 0 Å². The third-order valence-electron chi connectivity index (χ3n) is 2.74. The van der Waals surface area contributed by atoms with Crippen molar-refractivity contribution in [2.45, 2.75) is 0 Å². The molecule has 0 bridgehead atoms. The fourth-order valence-corrected chi connectivity index (χ4v) is 2.30. The van der Waals surface area contributed by atoms with Gasteiger partial charge in [-0.2, -0.15) is 0 Å². The van der Waals surface area contributed by atoms with Crippen LogP contribution in [0.5, 0.6) is 5.75 Å². The molecule has 0 atom stereocenters. The first kappa shape index (κ1) is 15.0. The largest absolute Gasteiger partial charge is 0.497 e. The number of halogens is 3. The van der Waals surface area contributed by atoms with Crippen LogP contribution >= 0.6 is 34.8 Å². The Morgan fingerprint density at radius 3 is 2.35 bits per heavy atom. The predicted octanol–water partition coefficient (Wildman–Crippen LogP) is 4.47. The van der Waals surface area contributed by atoms with Crippen LogP contribution in [0.2, 0.25) is 15.1 Å². The fraction of sp³-hybridized carbons (Fsp3) is 0.0714. The molecule has 0 radical (unpaired) electrons. The van der Waals surface area contributed by atoms with Gasteiger partial charge < -0.3 is 10.5 Å². The highest BCUT2D eigenvalue weighted by Crippen LogP contribution is 2.31. The minimum absolute atomic E-state index is 0.222. The van der Waals surface area contributed by atoms with Gasteiger partial charge >= 0.3 is 0 Å². The lowest BCUT2D eigenvalue weighted by molar-refractivity contribution is 0.103. The van der Waals surface area contributed by atoms with Crippen molar-refractivity contribution >= 4 is 46.3 Å². The third-order valence-corrected chi connectivity index (χ3v) is 3.87. The average molecular weight is 331 g/mol. The van der Waals surface area contributed by atoms with Crippen molar-refractivity contribution in [3.8, 4) is 5.75 Å². The minimum Gasteiger partial charge on any atom is -0.497 e. The van der Waals surface area contributed by atoms with Gasteiger partial charge in [-0.05, 0) is 30.3 Å². The molecular formula is C14H10Cl3NO2. The quantitative estimate of drug-likeness (QED) is 0.667. The van der Waals surface area contributed by atoms with Crippen LogP contribution in [0.1, 0.15) is 15.9 Å². The van der Waals surface area contributed by atoms with Gasteiger partial charge in [0.1, 0.15) is 5.75 Å². The Balaban J connectivity index is 2.46. The lowest BCUT2D eigenvalue weighted by Gasteiger charge is -2.08. The van der Waals surface area contributed by atoms with E-state index in [-0.39, 0.29) is 21.5 Å². The van der Waals surface area contributed by atoms with Crippen molar-refractivity contribution in [3.63, 3.8) is 0 Å². The molecule has 3 nitrogen and oxygen atoms in total. The number of methoxy groups -OCH3 is 1. The zero-order chi connectivity index (χ0) is 14.9. The molecule has 0 spiro atoms. The molecule has 104 valence electrons. The summed E-state index contributed by atoms with van der Waals surface area (Å²) in [5, 5.41) is 0.739. The first-order valence-electron chi connectivity index (χ1n) is 5.56. The summed E-state index contributed by atoms with van der Waals surface area (Å²) >= 11 is 17.9. The number of benzene rings is 2. The number of ketones is 1. The van der Waals surface area contributed by atoms with Gasteiger partial charge in [0.25, 0.3) is 0 Å². The highest BCUT2D eigenvalue weighted by molar-refractivity contribution is 6.44. The number of carbonyl (C=O) groups is 1. The van der Waals surface area contributed by atoms with Crippen LogP contribution in [-0.2, 0) is 0 Å². The van der Waals surface area contributed by atoms with Gasteiger partial charge in [-0.1, -0.05) is 34.8 Å². The Morgan fingerprint density at radius 2 is 1.80 bits per heavy atom. The van der Waals surface area contributed by atoms with Gasteiger partial charge in [-0.3, -0.25) is 4.79 Å². The van der Waals surface area contributed by atoms with E-state index in [1.807, 2.05) is 0 Å². The summed E-state index contributed by atoms with van der Waals surface area (Å²) in [4.78, 5) is 12.4. The van der Waals surface area contributed by atoms with Gasteiger partial charge in [0.2, 0.25) is 0 Å². The summed E-state index contributed by atoms with van der Waals surface area (Å²) in [5.41, 5.74) is 6.60. The maximum Gasteiger partial charge on any atom is 0.194 e. The van der Waals surface area contributed by atoms with Crippen LogP contribution in [-0.4, -0.2) is 12.9 Å². The number of anilines is 1. The number of nitrogens with two attached hydrogens (primary N) is 1. The highest BCUT2D eigenvalue weighted by atomic mass is 35.5. The molecule has 20 heavy (non-hydrogen) atoms. The zero-order valence-electron chi connectivity index (χ0n) is 10.4. The third kappa shape index (κ3) is 2.85. The standard InChI is InChI=1S/C14H10Cl3NO2/c1-20-8-2-3-9(10(15)6-8)14(19)7-4-11(16)13(17)12(18)5-7/h2-6H,18H2,1H3. The molecule has 0 unspecified atom stereocenters. The van der Waals surface area contributed by atoms with Crippen molar-refractivity contribution in [2.75, 3.05) is 12.8 Å². The maximum atomic E-state index is 12.4. The van der Waals surface area contributed by atoms with E-state index in [2.05, 4.69) is 0 Å². The summed E-state index contributed by atoms with van der Waals surface area (Å²) in [6, 6.07) is 7.73. The Bertz CT molecular complexity index is 663. The number of carbonyl (C=O) groups excluding carboxylic acids is 1. The van der Waals surface area contributed by atoms with Crippen molar-refractivity contribution in [1.82, 2.24) is 0 Å². The Morgan fingerprint density at radius 1 is 1.10 bits per heavy atom. The van der Waals surface area contributed by atoms with E-state index in [0.29, 0.717) is 21.9 Å². The second-order valence-corrected chi connectivity index (χ2v) is 5.23. The van der Waals surface area contributed by atoms with E-state index in [1.165, 1.54) is 19.2 Å². The lowest BCUT2D eigenvalue weighted by atomic mass is 10.0. The molecule has 2 N–H and O–H groups in total. The van der Waals surface area contributed by atoms with Crippen LogP contribution in [0.15, 0.2) is 30.3 Å². The van der Waals surface area contributed by atoms with Gasteiger partial charge in [0.05, 0.1) is 27.9 Å². The topological polar surface area (TPSA) is 52.3 Å². The minimum atomic E-state index is -0.289. The lowest BCUT2D eigenvalue weighted by Crippen LogP contribution is -2.04. The number of ether oxygens (including phenoxy) is 1. The number of nitrogen functional groups attached to an aromatic ring is 1. The Hall–Kier alpha value is -1.42. The Kier molecular flexibility index (Phi) is 4.43. The molecule has 2 aromatic rings. The molecule has 0 aromatic heterocycles. The summed E-state index contributed by atoms with van der Waals surface area (Å²) in [6.07, 6.45) is 0. The van der Waals surface area contributed by atoms with E-state index < -0.39 is 0 Å². The van der Waals surface area contributed by atoms with Crippen LogP contribution in [0.4, 0.5) is 5.69 Å². The highest BCUT2D eigenvalue weighted by Gasteiger charge is 2.16. The van der Waals surface area contributed by atoms with E-state index in [4.69, 9.17) is 45.3 Å². The summed E-state index contributed by atoms with van der Waals surface area (Å²) in [5.74, 6) is 0.281. The maximum absolute atomic E-state index is 12.4. The molecular weight excluding hydrogens is 321 g/mol. The molecule has 2 rings (SSSR count). The summed E-state index contributed by atoms with van der Waals surface area (Å²) in [6.45, 7) is 0. The average Bonchev–Trinajstić information content (AvgIpc) is 2.43. The second kappa shape index (κ2) is 5.92. The smallest absolute Gasteiger partial charge is 0.194 e. The van der Waals surface area contributed by atoms with Crippen LogP contribution in [0.3, 0.4) is 0 Å². The van der Waals surface area contributed by atoms with Crippen LogP contribution < -0.4 is 10.5 Å².